The van der Waals surface area contributed by atoms with Gasteiger partial charge >= 0.3 is 5.97 Å². The van der Waals surface area contributed by atoms with Crippen LogP contribution in [0.5, 0.6) is 0 Å². The van der Waals surface area contributed by atoms with Gasteiger partial charge in [-0.25, -0.2) is 4.79 Å². The van der Waals surface area contributed by atoms with Gasteiger partial charge in [-0.3, -0.25) is 9.59 Å². The molecule has 1 aromatic rings. The Bertz CT molecular complexity index is 590. The number of carbonyl (C=O) groups excluding carboxylic acids is 3. The van der Waals surface area contributed by atoms with Gasteiger partial charge in [0.1, 0.15) is 5.60 Å². The third-order valence-corrected chi connectivity index (χ3v) is 2.87. The molecule has 0 heterocycles. The second kappa shape index (κ2) is 6.81. The fraction of sp³-hybridized carbons (Fsp3) is 0.471. The number of carbonyl (C=O) groups is 3. The van der Waals surface area contributed by atoms with Gasteiger partial charge < -0.3 is 14.5 Å². The molecule has 0 saturated carbocycles. The van der Waals surface area contributed by atoms with E-state index in [9.17, 15) is 14.4 Å². The van der Waals surface area contributed by atoms with Crippen LogP contribution in [0.1, 0.15) is 51.8 Å². The molecule has 0 N–H and O–H groups in total. The number of benzene rings is 1. The molecule has 0 aliphatic carbocycles. The lowest BCUT2D eigenvalue weighted by atomic mass is 10.0. The molecule has 0 aromatic heterocycles. The van der Waals surface area contributed by atoms with E-state index in [2.05, 4.69) is 0 Å². The minimum absolute atomic E-state index is 0.179. The zero-order valence-electron chi connectivity index (χ0n) is 14.8. The van der Waals surface area contributed by atoms with E-state index in [1.807, 2.05) is 0 Å². The van der Waals surface area contributed by atoms with E-state index in [0.29, 0.717) is 0 Å². The molecule has 0 saturated heterocycles. The zero-order chi connectivity index (χ0) is 17.9. The van der Waals surface area contributed by atoms with Gasteiger partial charge in [-0.15, -0.1) is 0 Å². The van der Waals surface area contributed by atoms with Crippen LogP contribution in [-0.2, 0) is 4.74 Å². The van der Waals surface area contributed by atoms with Gasteiger partial charge in [0.2, 0.25) is 0 Å². The van der Waals surface area contributed by atoms with Gasteiger partial charge in [-0.2, -0.15) is 0 Å². The van der Waals surface area contributed by atoms with Gasteiger partial charge in [0.05, 0.1) is 5.56 Å². The van der Waals surface area contributed by atoms with Crippen LogP contribution in [0, 0.1) is 0 Å². The van der Waals surface area contributed by atoms with Crippen molar-refractivity contribution in [2.45, 2.75) is 26.4 Å². The minimum Gasteiger partial charge on any atom is -0.456 e. The zero-order valence-corrected chi connectivity index (χ0v) is 14.8. The van der Waals surface area contributed by atoms with E-state index in [1.54, 1.807) is 49.0 Å². The summed E-state index contributed by atoms with van der Waals surface area (Å²) >= 11 is 0. The molecule has 2 amide bonds. The van der Waals surface area contributed by atoms with Gasteiger partial charge in [0.25, 0.3) is 11.8 Å². The Morgan fingerprint density at radius 1 is 0.783 bits per heavy atom. The Morgan fingerprint density at radius 2 is 1.13 bits per heavy atom. The third kappa shape index (κ3) is 5.09. The van der Waals surface area contributed by atoms with Crippen molar-refractivity contribution in [1.82, 2.24) is 9.80 Å². The first kappa shape index (κ1) is 18.7. The number of hydrogen-bond acceptors (Lipinski definition) is 4. The van der Waals surface area contributed by atoms with E-state index in [4.69, 9.17) is 4.74 Å². The average molecular weight is 320 g/mol. The summed E-state index contributed by atoms with van der Waals surface area (Å²) < 4.78 is 5.33. The Hall–Kier alpha value is -2.37. The van der Waals surface area contributed by atoms with Gasteiger partial charge in [0, 0.05) is 39.3 Å². The normalized spacial score (nSPS) is 10.9. The highest BCUT2D eigenvalue weighted by Crippen LogP contribution is 2.17. The largest absolute Gasteiger partial charge is 0.456 e. The summed E-state index contributed by atoms with van der Waals surface area (Å²) in [6, 6.07) is 4.38. The molecule has 126 valence electrons. The highest BCUT2D eigenvalue weighted by molar-refractivity contribution is 6.03. The number of amides is 2. The summed E-state index contributed by atoms with van der Waals surface area (Å²) in [7, 11) is 6.43. The van der Waals surface area contributed by atoms with E-state index in [0.717, 1.165) is 0 Å². The monoisotopic (exact) mass is 320 g/mol. The number of hydrogen-bond donors (Lipinski definition) is 0. The average Bonchev–Trinajstić information content (AvgIpc) is 2.42. The molecule has 0 aliphatic heterocycles. The lowest BCUT2D eigenvalue weighted by Crippen LogP contribution is -2.27. The van der Waals surface area contributed by atoms with E-state index < -0.39 is 11.6 Å². The lowest BCUT2D eigenvalue weighted by Gasteiger charge is -2.20. The molecule has 1 aromatic carbocycles. The standard InChI is InChI=1S/C17H24N2O4/c1-17(2,3)23-16(22)13-9-11(14(20)18(4)5)8-12(10-13)15(21)19(6)7/h8-10H,1-7H3. The summed E-state index contributed by atoms with van der Waals surface area (Å²) in [5.41, 5.74) is 0.0506. The predicted molar refractivity (Wildman–Crippen MR) is 87.6 cm³/mol. The maximum absolute atomic E-state index is 12.3. The summed E-state index contributed by atoms with van der Waals surface area (Å²) in [4.78, 5) is 39.4. The summed E-state index contributed by atoms with van der Waals surface area (Å²) in [5.74, 6) is -1.15. The smallest absolute Gasteiger partial charge is 0.338 e. The first-order valence-electron chi connectivity index (χ1n) is 7.24. The molecule has 0 spiro atoms. The summed E-state index contributed by atoms with van der Waals surface area (Å²) in [5, 5.41) is 0. The van der Waals surface area contributed by atoms with E-state index in [1.165, 1.54) is 28.0 Å². The number of ether oxygens (including phenoxy) is 1. The third-order valence-electron chi connectivity index (χ3n) is 2.87. The Morgan fingerprint density at radius 3 is 1.43 bits per heavy atom. The van der Waals surface area contributed by atoms with Crippen LogP contribution in [0.2, 0.25) is 0 Å². The van der Waals surface area contributed by atoms with Crippen molar-refractivity contribution in [3.8, 4) is 0 Å². The van der Waals surface area contributed by atoms with Crippen LogP contribution in [-0.4, -0.2) is 61.4 Å². The summed E-state index contributed by atoms with van der Waals surface area (Å²) in [6.45, 7) is 5.27. The van der Waals surface area contributed by atoms with Crippen molar-refractivity contribution in [2.75, 3.05) is 28.2 Å². The van der Waals surface area contributed by atoms with Crippen molar-refractivity contribution in [1.29, 1.82) is 0 Å². The quantitative estimate of drug-likeness (QED) is 0.799. The highest BCUT2D eigenvalue weighted by atomic mass is 16.6. The maximum Gasteiger partial charge on any atom is 0.338 e. The highest BCUT2D eigenvalue weighted by Gasteiger charge is 2.22. The predicted octanol–water partition coefficient (Wildman–Crippen LogP) is 2.05. The van der Waals surface area contributed by atoms with Crippen LogP contribution in [0.25, 0.3) is 0 Å². The van der Waals surface area contributed by atoms with Crippen molar-refractivity contribution in [3.63, 3.8) is 0 Å². The molecule has 6 heteroatoms. The van der Waals surface area contributed by atoms with Crippen LogP contribution >= 0.6 is 0 Å². The number of esters is 1. The van der Waals surface area contributed by atoms with Gasteiger partial charge in [0.15, 0.2) is 0 Å². The van der Waals surface area contributed by atoms with E-state index in [-0.39, 0.29) is 28.5 Å². The maximum atomic E-state index is 12.3. The number of nitrogens with zero attached hydrogens (tertiary/aromatic N) is 2. The van der Waals surface area contributed by atoms with Crippen molar-refractivity contribution in [2.24, 2.45) is 0 Å². The van der Waals surface area contributed by atoms with Crippen LogP contribution < -0.4 is 0 Å². The molecule has 23 heavy (non-hydrogen) atoms. The second-order valence-corrected chi connectivity index (χ2v) is 6.70. The first-order valence-corrected chi connectivity index (χ1v) is 7.24. The molecule has 0 aliphatic rings. The van der Waals surface area contributed by atoms with Crippen LogP contribution in [0.3, 0.4) is 0 Å². The topological polar surface area (TPSA) is 66.9 Å². The van der Waals surface area contributed by atoms with Gasteiger partial charge in [-0.05, 0) is 39.0 Å². The second-order valence-electron chi connectivity index (χ2n) is 6.70. The van der Waals surface area contributed by atoms with Crippen LogP contribution in [0.4, 0.5) is 0 Å². The molecule has 0 bridgehead atoms. The first-order chi connectivity index (χ1) is 10.4. The molecule has 6 nitrogen and oxygen atoms in total. The molecule has 1 rings (SSSR count). The molecule has 0 atom stereocenters. The molecular weight excluding hydrogens is 296 g/mol. The molecule has 0 radical (unpaired) electrons. The molecule has 0 fully saturated rings. The van der Waals surface area contributed by atoms with Crippen molar-refractivity contribution >= 4 is 17.8 Å². The Kier molecular flexibility index (Phi) is 5.53. The number of rotatable bonds is 3. The SMILES string of the molecule is CN(C)C(=O)c1cc(C(=O)OC(C)(C)C)cc(C(=O)N(C)C)c1. The Balaban J connectivity index is 3.37. The van der Waals surface area contributed by atoms with Gasteiger partial charge in [-0.1, -0.05) is 0 Å². The Labute approximate surface area is 137 Å². The summed E-state index contributed by atoms with van der Waals surface area (Å²) in [6.07, 6.45) is 0. The molecule has 0 unspecified atom stereocenters. The minimum atomic E-state index is -0.662. The van der Waals surface area contributed by atoms with Crippen molar-refractivity contribution in [3.05, 3.63) is 34.9 Å². The fourth-order valence-electron chi connectivity index (χ4n) is 1.85. The fourth-order valence-corrected chi connectivity index (χ4v) is 1.85. The van der Waals surface area contributed by atoms with Crippen molar-refractivity contribution < 1.29 is 19.1 Å². The van der Waals surface area contributed by atoms with Crippen LogP contribution in [0.15, 0.2) is 18.2 Å². The van der Waals surface area contributed by atoms with E-state index >= 15 is 0 Å². The lowest BCUT2D eigenvalue weighted by molar-refractivity contribution is 0.00694. The molecular formula is C17H24N2O4.